The molecule has 2 rings (SSSR count). The van der Waals surface area contributed by atoms with Gasteiger partial charge in [-0.2, -0.15) is 0 Å². The lowest BCUT2D eigenvalue weighted by Crippen LogP contribution is -1.85. The summed E-state index contributed by atoms with van der Waals surface area (Å²) < 4.78 is 1.02. The maximum absolute atomic E-state index is 3.87. The molecule has 0 unspecified atom stereocenters. The fourth-order valence-corrected chi connectivity index (χ4v) is 1.96. The van der Waals surface area contributed by atoms with Crippen LogP contribution in [-0.4, -0.2) is 0 Å². The van der Waals surface area contributed by atoms with Gasteiger partial charge in [-0.25, -0.2) is 0 Å². The molecule has 0 nitrogen and oxygen atoms in total. The largest absolute Gasteiger partial charge is 0.0885 e. The van der Waals surface area contributed by atoms with Crippen molar-refractivity contribution in [3.8, 4) is 0 Å². The number of rotatable bonds is 2. The Morgan fingerprint density at radius 1 is 1.07 bits per heavy atom. The molecule has 2 aromatic carbocycles. The Balaban J connectivity index is 2.59. The van der Waals surface area contributed by atoms with Gasteiger partial charge in [-0.3, -0.25) is 0 Å². The molecule has 0 amide bonds. The van der Waals surface area contributed by atoms with Crippen molar-refractivity contribution in [2.45, 2.75) is 6.42 Å². The lowest BCUT2D eigenvalue weighted by molar-refractivity contribution is 1.29. The van der Waals surface area contributed by atoms with E-state index in [0.717, 1.165) is 10.9 Å². The molecular weight excluding hydrogens is 236 g/mol. The molecule has 0 atom stereocenters. The zero-order valence-electron chi connectivity index (χ0n) is 7.83. The topological polar surface area (TPSA) is 0 Å². The summed E-state index contributed by atoms with van der Waals surface area (Å²) in [5, 5.41) is 2.61. The highest BCUT2D eigenvalue weighted by Gasteiger charge is 1.99. The van der Waals surface area contributed by atoms with Crippen molar-refractivity contribution in [2.75, 3.05) is 0 Å². The average molecular weight is 247 g/mol. The zero-order valence-corrected chi connectivity index (χ0v) is 9.42. The van der Waals surface area contributed by atoms with Gasteiger partial charge in [0, 0.05) is 6.42 Å². The molecule has 0 radical (unpaired) electrons. The number of fused-ring (bicyclic) bond motifs is 1. The minimum Gasteiger partial charge on any atom is -0.0885 e. The molecule has 0 saturated heterocycles. The first-order valence-corrected chi connectivity index (χ1v) is 5.36. The molecular formula is C13H11Br. The second-order valence-electron chi connectivity index (χ2n) is 3.33. The Morgan fingerprint density at radius 3 is 2.57 bits per heavy atom. The Hall–Kier alpha value is -1.08. The van der Waals surface area contributed by atoms with E-state index in [1.54, 1.807) is 0 Å². The number of hydrogen-bond donors (Lipinski definition) is 0. The summed E-state index contributed by atoms with van der Waals surface area (Å²) in [5.74, 6) is 0. The molecule has 0 aliphatic heterocycles. The summed E-state index contributed by atoms with van der Waals surface area (Å²) in [7, 11) is 0. The summed E-state index contributed by atoms with van der Waals surface area (Å²) in [4.78, 5) is 0. The van der Waals surface area contributed by atoms with Crippen LogP contribution < -0.4 is 0 Å². The van der Waals surface area contributed by atoms with E-state index >= 15 is 0 Å². The van der Waals surface area contributed by atoms with Crippen LogP contribution in [-0.2, 0) is 6.42 Å². The van der Waals surface area contributed by atoms with Crippen LogP contribution in [0.2, 0.25) is 0 Å². The molecule has 0 saturated carbocycles. The third-order valence-electron chi connectivity index (χ3n) is 2.26. The summed E-state index contributed by atoms with van der Waals surface area (Å²) in [6.07, 6.45) is 0.890. The first-order chi connectivity index (χ1) is 6.77. The van der Waals surface area contributed by atoms with Crippen LogP contribution >= 0.6 is 15.9 Å². The van der Waals surface area contributed by atoms with Crippen LogP contribution in [0.1, 0.15) is 5.56 Å². The average Bonchev–Trinajstić information content (AvgIpc) is 2.18. The molecule has 0 spiro atoms. The number of halogens is 1. The van der Waals surface area contributed by atoms with Gasteiger partial charge in [0.05, 0.1) is 0 Å². The van der Waals surface area contributed by atoms with E-state index in [1.165, 1.54) is 16.3 Å². The molecule has 70 valence electrons. The fraction of sp³-hybridized carbons (Fsp3) is 0.0769. The van der Waals surface area contributed by atoms with E-state index in [4.69, 9.17) is 0 Å². The van der Waals surface area contributed by atoms with Gasteiger partial charge in [-0.1, -0.05) is 65.0 Å². The van der Waals surface area contributed by atoms with Crippen molar-refractivity contribution >= 4 is 26.7 Å². The van der Waals surface area contributed by atoms with Crippen molar-refractivity contribution in [3.63, 3.8) is 0 Å². The Labute approximate surface area is 92.4 Å². The minimum atomic E-state index is 0.890. The standard InChI is InChI=1S/C13H11Br/c1-10(14)9-12-7-4-6-11-5-2-3-8-13(11)12/h2-8H,1,9H2. The van der Waals surface area contributed by atoms with Gasteiger partial charge < -0.3 is 0 Å². The third kappa shape index (κ3) is 1.88. The van der Waals surface area contributed by atoms with Crippen LogP contribution in [0.5, 0.6) is 0 Å². The molecule has 0 fully saturated rings. The van der Waals surface area contributed by atoms with Crippen LogP contribution in [0.25, 0.3) is 10.8 Å². The third-order valence-corrected chi connectivity index (χ3v) is 2.54. The highest BCUT2D eigenvalue weighted by molar-refractivity contribution is 9.11. The Morgan fingerprint density at radius 2 is 1.79 bits per heavy atom. The molecule has 1 heteroatoms. The summed E-state index contributed by atoms with van der Waals surface area (Å²) in [6.45, 7) is 3.87. The van der Waals surface area contributed by atoms with E-state index in [9.17, 15) is 0 Å². The summed E-state index contributed by atoms with van der Waals surface area (Å²) in [5.41, 5.74) is 1.32. The van der Waals surface area contributed by atoms with Gasteiger partial charge in [0.25, 0.3) is 0 Å². The number of hydrogen-bond acceptors (Lipinski definition) is 0. The summed E-state index contributed by atoms with van der Waals surface area (Å²) >= 11 is 3.40. The lowest BCUT2D eigenvalue weighted by atomic mass is 10.0. The Bertz CT molecular complexity index is 466. The van der Waals surface area contributed by atoms with Crippen molar-refractivity contribution in [2.24, 2.45) is 0 Å². The van der Waals surface area contributed by atoms with Gasteiger partial charge in [-0.05, 0) is 20.8 Å². The van der Waals surface area contributed by atoms with Gasteiger partial charge in [0.1, 0.15) is 0 Å². The van der Waals surface area contributed by atoms with Crippen LogP contribution in [0.3, 0.4) is 0 Å². The molecule has 14 heavy (non-hydrogen) atoms. The van der Waals surface area contributed by atoms with E-state index in [1.807, 2.05) is 0 Å². The van der Waals surface area contributed by atoms with Crippen LogP contribution in [0.4, 0.5) is 0 Å². The predicted molar refractivity (Wildman–Crippen MR) is 65.7 cm³/mol. The second kappa shape index (κ2) is 3.97. The number of allylic oxidation sites excluding steroid dienone is 1. The number of benzene rings is 2. The SMILES string of the molecule is C=C(Br)Cc1cccc2ccccc12. The summed E-state index contributed by atoms with van der Waals surface area (Å²) in [6, 6.07) is 14.8. The second-order valence-corrected chi connectivity index (χ2v) is 4.45. The molecule has 0 N–H and O–H groups in total. The quantitative estimate of drug-likeness (QED) is 0.742. The van der Waals surface area contributed by atoms with Gasteiger partial charge in [0.15, 0.2) is 0 Å². The van der Waals surface area contributed by atoms with Gasteiger partial charge in [-0.15, -0.1) is 0 Å². The molecule has 0 heterocycles. The molecule has 0 aromatic heterocycles. The Kier molecular flexibility index (Phi) is 2.69. The van der Waals surface area contributed by atoms with E-state index in [2.05, 4.69) is 65.0 Å². The fourth-order valence-electron chi connectivity index (χ4n) is 1.65. The zero-order chi connectivity index (χ0) is 9.97. The van der Waals surface area contributed by atoms with E-state index in [-0.39, 0.29) is 0 Å². The molecule has 2 aromatic rings. The van der Waals surface area contributed by atoms with E-state index in [0.29, 0.717) is 0 Å². The van der Waals surface area contributed by atoms with E-state index < -0.39 is 0 Å². The van der Waals surface area contributed by atoms with Gasteiger partial charge >= 0.3 is 0 Å². The monoisotopic (exact) mass is 246 g/mol. The minimum absolute atomic E-state index is 0.890. The van der Waals surface area contributed by atoms with Crippen LogP contribution in [0.15, 0.2) is 53.5 Å². The highest BCUT2D eigenvalue weighted by Crippen LogP contribution is 2.21. The maximum atomic E-state index is 3.87. The molecule has 0 aliphatic carbocycles. The van der Waals surface area contributed by atoms with Crippen molar-refractivity contribution < 1.29 is 0 Å². The van der Waals surface area contributed by atoms with Crippen molar-refractivity contribution in [1.29, 1.82) is 0 Å². The smallest absolute Gasteiger partial charge is 0.00408 e. The van der Waals surface area contributed by atoms with Crippen molar-refractivity contribution in [1.82, 2.24) is 0 Å². The van der Waals surface area contributed by atoms with Crippen molar-refractivity contribution in [3.05, 3.63) is 59.1 Å². The molecule has 0 aliphatic rings. The first kappa shape index (κ1) is 9.47. The first-order valence-electron chi connectivity index (χ1n) is 4.57. The normalized spacial score (nSPS) is 10.4. The van der Waals surface area contributed by atoms with Gasteiger partial charge in [0.2, 0.25) is 0 Å². The maximum Gasteiger partial charge on any atom is 0.00408 e. The predicted octanol–water partition coefficient (Wildman–Crippen LogP) is 4.29. The lowest BCUT2D eigenvalue weighted by Gasteiger charge is -2.04. The highest BCUT2D eigenvalue weighted by atomic mass is 79.9. The molecule has 0 bridgehead atoms. The van der Waals surface area contributed by atoms with Crippen LogP contribution in [0, 0.1) is 0 Å².